The fourth-order valence-electron chi connectivity index (χ4n) is 2.47. The fourth-order valence-corrected chi connectivity index (χ4v) is 3.26. The second-order valence-electron chi connectivity index (χ2n) is 5.55. The third-order valence-corrected chi connectivity index (χ3v) is 4.70. The maximum absolute atomic E-state index is 13.3. The number of nitriles is 1. The molecule has 0 bridgehead atoms. The molecular weight excluding hydrogens is 372 g/mol. The molecular formula is C19H11F2N3O2S. The van der Waals surface area contributed by atoms with Crippen LogP contribution in [-0.4, -0.2) is 11.8 Å². The molecule has 1 aliphatic heterocycles. The van der Waals surface area contributed by atoms with E-state index in [9.17, 15) is 14.0 Å². The highest BCUT2D eigenvalue weighted by molar-refractivity contribution is 7.11. The lowest BCUT2D eigenvalue weighted by molar-refractivity contribution is 0.174. The summed E-state index contributed by atoms with van der Waals surface area (Å²) in [6, 6.07) is 11.0. The molecule has 5 nitrogen and oxygen atoms in total. The molecule has 1 N–H and O–H groups in total. The number of thiazole rings is 1. The Morgan fingerprint density at radius 2 is 2.00 bits per heavy atom. The summed E-state index contributed by atoms with van der Waals surface area (Å²) in [5.74, 6) is -0.565. The number of nitrogens with one attached hydrogen (secondary N) is 1. The number of fused-ring (bicyclic) bond motifs is 1. The number of allylic oxidation sites excluding steroid dienone is 1. The molecule has 0 radical (unpaired) electrons. The molecule has 0 saturated heterocycles. The number of hydrogen-bond acceptors (Lipinski definition) is 6. The zero-order chi connectivity index (χ0) is 18.8. The first-order valence-corrected chi connectivity index (χ1v) is 8.70. The van der Waals surface area contributed by atoms with E-state index in [0.717, 1.165) is 17.7 Å². The number of aromatic nitrogens is 1. The molecule has 0 atom stereocenters. The molecule has 0 spiro atoms. The van der Waals surface area contributed by atoms with Crippen molar-refractivity contribution < 1.29 is 18.3 Å². The van der Waals surface area contributed by atoms with Crippen molar-refractivity contribution in [3.63, 3.8) is 0 Å². The van der Waals surface area contributed by atoms with Crippen LogP contribution in [0, 0.1) is 23.0 Å². The van der Waals surface area contributed by atoms with Gasteiger partial charge >= 0.3 is 0 Å². The number of hydrogen-bond donors (Lipinski definition) is 1. The van der Waals surface area contributed by atoms with Crippen LogP contribution in [0.4, 0.5) is 14.5 Å². The van der Waals surface area contributed by atoms with E-state index in [0.29, 0.717) is 27.9 Å². The maximum Gasteiger partial charge on any atom is 0.231 e. The van der Waals surface area contributed by atoms with Gasteiger partial charge in [0, 0.05) is 28.9 Å². The van der Waals surface area contributed by atoms with Gasteiger partial charge in [-0.15, -0.1) is 11.3 Å². The highest BCUT2D eigenvalue weighted by Gasteiger charge is 2.16. The van der Waals surface area contributed by atoms with Gasteiger partial charge in [-0.2, -0.15) is 5.26 Å². The summed E-state index contributed by atoms with van der Waals surface area (Å²) >= 11 is 1.30. The van der Waals surface area contributed by atoms with E-state index in [4.69, 9.17) is 9.47 Å². The van der Waals surface area contributed by atoms with Crippen molar-refractivity contribution in [2.75, 3.05) is 12.1 Å². The summed E-state index contributed by atoms with van der Waals surface area (Å²) in [5, 5.41) is 14.5. The second-order valence-corrected chi connectivity index (χ2v) is 6.41. The molecule has 134 valence electrons. The minimum absolute atomic E-state index is 0.193. The molecule has 2 aromatic carbocycles. The summed E-state index contributed by atoms with van der Waals surface area (Å²) in [7, 11) is 0. The Morgan fingerprint density at radius 3 is 2.81 bits per heavy atom. The standard InChI is InChI=1S/C19H11F2N3O2S/c20-14-3-2-13(6-15(14)21)23-8-12(7-22)19-24-16(9-27-19)11-1-4-17-18(5-11)26-10-25-17/h1-6,8-9,23H,10H2. The molecule has 8 heteroatoms. The Balaban J connectivity index is 1.57. The van der Waals surface area contributed by atoms with Crippen LogP contribution in [0.5, 0.6) is 11.5 Å². The van der Waals surface area contributed by atoms with Crippen LogP contribution in [0.15, 0.2) is 48.0 Å². The van der Waals surface area contributed by atoms with Gasteiger partial charge in [0.05, 0.1) is 5.69 Å². The van der Waals surface area contributed by atoms with Crippen molar-refractivity contribution in [3.8, 4) is 28.8 Å². The monoisotopic (exact) mass is 383 g/mol. The number of nitrogens with zero attached hydrogens (tertiary/aromatic N) is 2. The third kappa shape index (κ3) is 3.45. The number of ether oxygens (including phenoxy) is 2. The SMILES string of the molecule is N#CC(=CNc1ccc(F)c(F)c1)c1nc(-c2ccc3c(c2)OCO3)cs1. The van der Waals surface area contributed by atoms with Crippen molar-refractivity contribution in [1.29, 1.82) is 5.26 Å². The van der Waals surface area contributed by atoms with Crippen LogP contribution in [0.2, 0.25) is 0 Å². The smallest absolute Gasteiger partial charge is 0.231 e. The van der Waals surface area contributed by atoms with Crippen molar-refractivity contribution in [3.05, 3.63) is 64.6 Å². The van der Waals surface area contributed by atoms with E-state index in [-0.39, 0.29) is 12.4 Å². The number of rotatable bonds is 4. The largest absolute Gasteiger partial charge is 0.454 e. The lowest BCUT2D eigenvalue weighted by Crippen LogP contribution is -1.93. The van der Waals surface area contributed by atoms with Gasteiger partial charge < -0.3 is 14.8 Å². The van der Waals surface area contributed by atoms with Crippen molar-refractivity contribution in [2.45, 2.75) is 0 Å². The van der Waals surface area contributed by atoms with Gasteiger partial charge in [0.1, 0.15) is 16.6 Å². The molecule has 0 unspecified atom stereocenters. The molecule has 1 aromatic heterocycles. The van der Waals surface area contributed by atoms with E-state index in [2.05, 4.69) is 16.4 Å². The lowest BCUT2D eigenvalue weighted by Gasteiger charge is -2.02. The Hall–Kier alpha value is -3.44. The first-order valence-electron chi connectivity index (χ1n) is 7.82. The van der Waals surface area contributed by atoms with Gasteiger partial charge in [0.15, 0.2) is 23.1 Å². The Labute approximate surface area is 157 Å². The van der Waals surface area contributed by atoms with Gasteiger partial charge in [-0.25, -0.2) is 13.8 Å². The van der Waals surface area contributed by atoms with E-state index in [1.54, 1.807) is 0 Å². The zero-order valence-electron chi connectivity index (χ0n) is 13.7. The van der Waals surface area contributed by atoms with Gasteiger partial charge in [0.25, 0.3) is 0 Å². The summed E-state index contributed by atoms with van der Waals surface area (Å²) in [6.07, 6.45) is 1.41. The number of anilines is 1. The van der Waals surface area contributed by atoms with Crippen LogP contribution in [0.25, 0.3) is 16.8 Å². The van der Waals surface area contributed by atoms with E-state index >= 15 is 0 Å². The van der Waals surface area contributed by atoms with Crippen LogP contribution < -0.4 is 14.8 Å². The summed E-state index contributed by atoms with van der Waals surface area (Å²) in [6.45, 7) is 0.193. The molecule has 1 aliphatic rings. The first kappa shape index (κ1) is 17.0. The predicted molar refractivity (Wildman–Crippen MR) is 97.2 cm³/mol. The van der Waals surface area contributed by atoms with Crippen LogP contribution in [0.1, 0.15) is 5.01 Å². The number of halogens is 2. The highest BCUT2D eigenvalue weighted by Crippen LogP contribution is 2.36. The summed E-state index contributed by atoms with van der Waals surface area (Å²) < 4.78 is 36.9. The second kappa shape index (κ2) is 7.05. The highest BCUT2D eigenvalue weighted by atomic mass is 32.1. The van der Waals surface area contributed by atoms with E-state index in [1.165, 1.54) is 23.6 Å². The number of benzene rings is 2. The molecule has 0 amide bonds. The van der Waals surface area contributed by atoms with Crippen LogP contribution in [0.3, 0.4) is 0 Å². The molecule has 2 heterocycles. The summed E-state index contributed by atoms with van der Waals surface area (Å²) in [5.41, 5.74) is 2.14. The molecule has 0 aliphatic carbocycles. The minimum Gasteiger partial charge on any atom is -0.454 e. The van der Waals surface area contributed by atoms with Gasteiger partial charge in [-0.1, -0.05) is 0 Å². The van der Waals surface area contributed by atoms with Gasteiger partial charge in [-0.3, -0.25) is 0 Å². The minimum atomic E-state index is -0.966. The quantitative estimate of drug-likeness (QED) is 0.656. The molecule has 0 saturated carbocycles. The molecule has 4 rings (SSSR count). The van der Waals surface area contributed by atoms with Crippen molar-refractivity contribution >= 4 is 22.6 Å². The predicted octanol–water partition coefficient (Wildman–Crippen LogP) is 4.79. The Morgan fingerprint density at radius 1 is 1.15 bits per heavy atom. The van der Waals surface area contributed by atoms with Crippen LogP contribution >= 0.6 is 11.3 Å². The van der Waals surface area contributed by atoms with E-state index in [1.807, 2.05) is 23.6 Å². The topological polar surface area (TPSA) is 67.2 Å². The molecule has 3 aromatic rings. The third-order valence-electron chi connectivity index (χ3n) is 3.83. The average Bonchev–Trinajstić information content (AvgIpc) is 3.34. The fraction of sp³-hybridized carbons (Fsp3) is 0.0526. The lowest BCUT2D eigenvalue weighted by atomic mass is 10.1. The van der Waals surface area contributed by atoms with Crippen LogP contribution in [-0.2, 0) is 0 Å². The maximum atomic E-state index is 13.3. The molecule has 27 heavy (non-hydrogen) atoms. The van der Waals surface area contributed by atoms with Crippen molar-refractivity contribution in [1.82, 2.24) is 4.98 Å². The Bertz CT molecular complexity index is 1090. The Kier molecular flexibility index (Phi) is 4.44. The first-order chi connectivity index (χ1) is 13.1. The summed E-state index contributed by atoms with van der Waals surface area (Å²) in [4.78, 5) is 4.48. The normalized spacial score (nSPS) is 12.7. The van der Waals surface area contributed by atoms with E-state index < -0.39 is 11.6 Å². The van der Waals surface area contributed by atoms with Gasteiger partial charge in [0.2, 0.25) is 6.79 Å². The zero-order valence-corrected chi connectivity index (χ0v) is 14.5. The van der Waals surface area contributed by atoms with Crippen molar-refractivity contribution in [2.24, 2.45) is 0 Å². The molecule has 0 fully saturated rings. The van der Waals surface area contributed by atoms with Gasteiger partial charge in [-0.05, 0) is 30.3 Å². The average molecular weight is 383 g/mol.